The third kappa shape index (κ3) is 1.54. The van der Waals surface area contributed by atoms with Crippen LogP contribution in [0, 0.1) is 0 Å². The Hall–Kier alpha value is -1.02. The van der Waals surface area contributed by atoms with Crippen LogP contribution in [0.5, 0.6) is 5.75 Å². The van der Waals surface area contributed by atoms with Gasteiger partial charge >= 0.3 is 0 Å². The molecule has 0 fully saturated rings. The van der Waals surface area contributed by atoms with Crippen molar-refractivity contribution in [3.63, 3.8) is 0 Å². The first kappa shape index (κ1) is 8.57. The zero-order chi connectivity index (χ0) is 9.26. The van der Waals surface area contributed by atoms with E-state index in [1.807, 2.05) is 31.2 Å². The second-order valence-corrected chi connectivity index (χ2v) is 3.53. The fourth-order valence-electron chi connectivity index (χ4n) is 1.74. The average molecular weight is 178 g/mol. The predicted octanol–water partition coefficient (Wildman–Crippen LogP) is 1.93. The molecule has 1 aromatic rings. The lowest BCUT2D eigenvalue weighted by atomic mass is 9.94. The van der Waals surface area contributed by atoms with E-state index in [0.29, 0.717) is 6.61 Å². The van der Waals surface area contributed by atoms with E-state index in [1.165, 1.54) is 0 Å². The highest BCUT2D eigenvalue weighted by molar-refractivity contribution is 5.37. The van der Waals surface area contributed by atoms with Crippen molar-refractivity contribution in [1.82, 2.24) is 0 Å². The Morgan fingerprint density at radius 1 is 1.38 bits per heavy atom. The van der Waals surface area contributed by atoms with Crippen LogP contribution in [0.2, 0.25) is 0 Å². The predicted molar refractivity (Wildman–Crippen MR) is 51.0 cm³/mol. The molecule has 0 bridgehead atoms. The molecule has 1 N–H and O–H groups in total. The highest BCUT2D eigenvalue weighted by atomic mass is 16.5. The second-order valence-electron chi connectivity index (χ2n) is 3.53. The summed E-state index contributed by atoms with van der Waals surface area (Å²) in [7, 11) is 0. The molecule has 2 nitrogen and oxygen atoms in total. The zero-order valence-corrected chi connectivity index (χ0v) is 7.73. The average Bonchev–Trinajstić information content (AvgIpc) is 2.29. The fraction of sp³-hybridized carbons (Fsp3) is 0.455. The van der Waals surface area contributed by atoms with Crippen LogP contribution in [0.3, 0.4) is 0 Å². The van der Waals surface area contributed by atoms with Gasteiger partial charge in [-0.1, -0.05) is 25.1 Å². The summed E-state index contributed by atoms with van der Waals surface area (Å²) in [6, 6.07) is 7.93. The molecule has 70 valence electrons. The molecule has 1 aliphatic heterocycles. The molecule has 1 aliphatic rings. The van der Waals surface area contributed by atoms with Gasteiger partial charge < -0.3 is 9.84 Å². The van der Waals surface area contributed by atoms with Gasteiger partial charge in [0.2, 0.25) is 0 Å². The molecule has 13 heavy (non-hydrogen) atoms. The quantitative estimate of drug-likeness (QED) is 0.657. The topological polar surface area (TPSA) is 29.5 Å². The Bertz CT molecular complexity index is 296. The van der Waals surface area contributed by atoms with Crippen molar-refractivity contribution < 1.29 is 9.84 Å². The molecule has 0 saturated carbocycles. The van der Waals surface area contributed by atoms with Crippen molar-refractivity contribution in [2.75, 3.05) is 6.61 Å². The van der Waals surface area contributed by atoms with Crippen molar-refractivity contribution in [3.05, 3.63) is 29.8 Å². The van der Waals surface area contributed by atoms with Gasteiger partial charge in [-0.25, -0.2) is 0 Å². The first-order chi connectivity index (χ1) is 6.29. The lowest BCUT2D eigenvalue weighted by Crippen LogP contribution is -2.15. The van der Waals surface area contributed by atoms with E-state index in [0.717, 1.165) is 17.7 Å². The summed E-state index contributed by atoms with van der Waals surface area (Å²) < 4.78 is 5.53. The van der Waals surface area contributed by atoms with Gasteiger partial charge in [-0.2, -0.15) is 0 Å². The minimum absolute atomic E-state index is 0.179. The van der Waals surface area contributed by atoms with Crippen LogP contribution in [0.1, 0.15) is 24.8 Å². The van der Waals surface area contributed by atoms with Gasteiger partial charge in [-0.05, 0) is 11.6 Å². The van der Waals surface area contributed by atoms with E-state index in [2.05, 4.69) is 0 Å². The zero-order valence-electron chi connectivity index (χ0n) is 7.73. The van der Waals surface area contributed by atoms with E-state index in [-0.39, 0.29) is 12.0 Å². The van der Waals surface area contributed by atoms with E-state index >= 15 is 0 Å². The monoisotopic (exact) mass is 178 g/mol. The molecule has 1 heterocycles. The number of aliphatic hydroxyl groups excluding tert-OH is 1. The largest absolute Gasteiger partial charge is 0.493 e. The molecule has 2 atom stereocenters. The normalized spacial score (nSPS) is 27.2. The Morgan fingerprint density at radius 3 is 3.00 bits per heavy atom. The van der Waals surface area contributed by atoms with Crippen LogP contribution in [0.25, 0.3) is 0 Å². The second kappa shape index (κ2) is 3.38. The van der Waals surface area contributed by atoms with E-state index in [4.69, 9.17) is 4.74 Å². The fourth-order valence-corrected chi connectivity index (χ4v) is 1.74. The molecule has 0 aliphatic carbocycles. The maximum absolute atomic E-state index is 9.72. The highest BCUT2D eigenvalue weighted by Gasteiger charge is 2.22. The van der Waals surface area contributed by atoms with E-state index in [9.17, 15) is 5.11 Å². The summed E-state index contributed by atoms with van der Waals surface area (Å²) in [6.45, 7) is 2.65. The number of rotatable bonds is 0. The summed E-state index contributed by atoms with van der Waals surface area (Å²) in [5.41, 5.74) is 1.12. The summed E-state index contributed by atoms with van der Waals surface area (Å²) in [5.74, 6) is 1.10. The molecule has 0 aromatic heterocycles. The van der Waals surface area contributed by atoms with Crippen molar-refractivity contribution in [3.8, 4) is 5.75 Å². The lowest BCUT2D eigenvalue weighted by Gasteiger charge is -2.15. The maximum atomic E-state index is 9.72. The van der Waals surface area contributed by atoms with Gasteiger partial charge in [-0.3, -0.25) is 0 Å². The number of hydrogen-bond donors (Lipinski definition) is 1. The van der Waals surface area contributed by atoms with Crippen molar-refractivity contribution in [2.24, 2.45) is 0 Å². The molecule has 1 aromatic carbocycles. The van der Waals surface area contributed by atoms with Crippen molar-refractivity contribution >= 4 is 0 Å². The smallest absolute Gasteiger partial charge is 0.122 e. The molecule has 2 unspecified atom stereocenters. The minimum Gasteiger partial charge on any atom is -0.493 e. The first-order valence-corrected chi connectivity index (χ1v) is 4.69. The van der Waals surface area contributed by atoms with Gasteiger partial charge in [0.25, 0.3) is 0 Å². The molecular formula is C11H14O2. The molecule has 0 saturated heterocycles. The summed E-state index contributed by atoms with van der Waals surface area (Å²) in [5, 5.41) is 9.72. The molecule has 2 rings (SSSR count). The van der Waals surface area contributed by atoms with Gasteiger partial charge in [0.15, 0.2) is 0 Å². The third-order valence-electron chi connectivity index (χ3n) is 2.66. The van der Waals surface area contributed by atoms with Crippen LogP contribution >= 0.6 is 0 Å². The van der Waals surface area contributed by atoms with Crippen LogP contribution in [-0.4, -0.2) is 17.8 Å². The van der Waals surface area contributed by atoms with Crippen LogP contribution in [-0.2, 0) is 0 Å². The third-order valence-corrected chi connectivity index (χ3v) is 2.66. The Morgan fingerprint density at radius 2 is 2.15 bits per heavy atom. The summed E-state index contributed by atoms with van der Waals surface area (Å²) in [4.78, 5) is 0. The van der Waals surface area contributed by atoms with Crippen LogP contribution in [0.4, 0.5) is 0 Å². The number of benzene rings is 1. The Labute approximate surface area is 78.2 Å². The first-order valence-electron chi connectivity index (χ1n) is 4.69. The van der Waals surface area contributed by atoms with Gasteiger partial charge in [0, 0.05) is 12.3 Å². The number of fused-ring (bicyclic) bond motifs is 1. The van der Waals surface area contributed by atoms with Crippen molar-refractivity contribution in [1.29, 1.82) is 0 Å². The van der Waals surface area contributed by atoms with Gasteiger partial charge in [0.1, 0.15) is 5.75 Å². The molecule has 0 amide bonds. The van der Waals surface area contributed by atoms with E-state index in [1.54, 1.807) is 0 Å². The molecular weight excluding hydrogens is 164 g/mol. The molecule has 2 heteroatoms. The van der Waals surface area contributed by atoms with Gasteiger partial charge in [-0.15, -0.1) is 0 Å². The van der Waals surface area contributed by atoms with Gasteiger partial charge in [0.05, 0.1) is 12.7 Å². The van der Waals surface area contributed by atoms with Crippen molar-refractivity contribution in [2.45, 2.75) is 25.4 Å². The van der Waals surface area contributed by atoms with Crippen LogP contribution < -0.4 is 4.74 Å². The summed E-state index contributed by atoms with van der Waals surface area (Å²) >= 11 is 0. The lowest BCUT2D eigenvalue weighted by molar-refractivity contribution is 0.130. The highest BCUT2D eigenvalue weighted by Crippen LogP contribution is 2.32. The SMILES string of the molecule is CC1c2ccccc2OCCC1O. The summed E-state index contributed by atoms with van der Waals surface area (Å²) in [6.07, 6.45) is 0.444. The molecule has 0 spiro atoms. The maximum Gasteiger partial charge on any atom is 0.122 e. The Kier molecular flexibility index (Phi) is 2.23. The Balaban J connectivity index is 2.40. The van der Waals surface area contributed by atoms with E-state index < -0.39 is 0 Å². The number of para-hydroxylation sites is 1. The number of ether oxygens (including phenoxy) is 1. The number of hydrogen-bond acceptors (Lipinski definition) is 2. The number of aliphatic hydroxyl groups is 1. The molecule has 0 radical (unpaired) electrons. The minimum atomic E-state index is -0.274. The standard InChI is InChI=1S/C11H14O2/c1-8-9-4-2-3-5-11(9)13-7-6-10(8)12/h2-5,8,10,12H,6-7H2,1H3. The van der Waals surface area contributed by atoms with Crippen LogP contribution in [0.15, 0.2) is 24.3 Å².